The highest BCUT2D eigenvalue weighted by molar-refractivity contribution is 14.1. The Morgan fingerprint density at radius 1 is 1.21 bits per heavy atom. The van der Waals surface area contributed by atoms with E-state index in [4.69, 9.17) is 4.74 Å². The van der Waals surface area contributed by atoms with Crippen molar-refractivity contribution >= 4 is 22.6 Å². The number of hydrogen-bond donors (Lipinski definition) is 1. The minimum absolute atomic E-state index is 0.0476. The lowest BCUT2D eigenvalue weighted by Crippen LogP contribution is -2.16. The quantitative estimate of drug-likeness (QED) is 0.627. The van der Waals surface area contributed by atoms with E-state index in [1.165, 1.54) is 5.56 Å². The minimum atomic E-state index is 0.0476. The van der Waals surface area contributed by atoms with Crippen molar-refractivity contribution in [3.05, 3.63) is 57.9 Å². The molecule has 3 nitrogen and oxygen atoms in total. The van der Waals surface area contributed by atoms with E-state index < -0.39 is 0 Å². The summed E-state index contributed by atoms with van der Waals surface area (Å²) in [5, 5.41) is 3.17. The maximum atomic E-state index is 6.12. The molecule has 0 aliphatic carbocycles. The number of halogens is 1. The van der Waals surface area contributed by atoms with E-state index in [1.807, 2.05) is 37.4 Å². The van der Waals surface area contributed by atoms with Gasteiger partial charge < -0.3 is 10.1 Å². The summed E-state index contributed by atoms with van der Waals surface area (Å²) in [7, 11) is 1.95. The monoisotopic (exact) mass is 368 g/mol. The normalized spacial score (nSPS) is 12.1. The lowest BCUT2D eigenvalue weighted by atomic mass is 10.1. The average molecular weight is 368 g/mol. The van der Waals surface area contributed by atoms with E-state index in [0.29, 0.717) is 0 Å². The Labute approximate surface area is 127 Å². The summed E-state index contributed by atoms with van der Waals surface area (Å²) in [5.74, 6) is 0.841. The highest BCUT2D eigenvalue weighted by Gasteiger charge is 2.14. The number of ether oxygens (including phenoxy) is 1. The van der Waals surface area contributed by atoms with Crippen molar-refractivity contribution in [2.24, 2.45) is 0 Å². The Morgan fingerprint density at radius 3 is 2.68 bits per heavy atom. The Balaban J connectivity index is 2.17. The molecule has 2 rings (SSSR count). The Bertz CT molecular complexity index is 505. The molecule has 0 bridgehead atoms. The zero-order valence-electron chi connectivity index (χ0n) is 10.8. The second-order valence-electron chi connectivity index (χ2n) is 4.20. The van der Waals surface area contributed by atoms with Gasteiger partial charge in [-0.05, 0) is 53.9 Å². The summed E-state index contributed by atoms with van der Waals surface area (Å²) in [6.07, 6.45) is 2.75. The number of hydrogen-bond acceptors (Lipinski definition) is 3. The van der Waals surface area contributed by atoms with Crippen LogP contribution in [-0.4, -0.2) is 18.6 Å². The van der Waals surface area contributed by atoms with E-state index in [9.17, 15) is 0 Å². The van der Waals surface area contributed by atoms with Gasteiger partial charge in [0.15, 0.2) is 5.75 Å². The first-order chi connectivity index (χ1) is 9.31. The Kier molecular flexibility index (Phi) is 5.60. The molecule has 0 aliphatic heterocycles. The van der Waals surface area contributed by atoms with Crippen molar-refractivity contribution in [2.45, 2.75) is 12.5 Å². The highest BCUT2D eigenvalue weighted by Crippen LogP contribution is 2.27. The zero-order chi connectivity index (χ0) is 13.5. The number of pyridine rings is 1. The molecular weight excluding hydrogens is 351 g/mol. The molecule has 0 spiro atoms. The van der Waals surface area contributed by atoms with Gasteiger partial charge in [-0.2, -0.15) is 0 Å². The first kappa shape index (κ1) is 14.3. The molecule has 1 heterocycles. The van der Waals surface area contributed by atoms with Crippen LogP contribution in [0.1, 0.15) is 18.1 Å². The summed E-state index contributed by atoms with van der Waals surface area (Å²) >= 11 is 2.20. The van der Waals surface area contributed by atoms with Gasteiger partial charge in [0, 0.05) is 12.6 Å². The molecule has 1 aromatic heterocycles. The van der Waals surface area contributed by atoms with Crippen LogP contribution in [-0.2, 0) is 0 Å². The van der Waals surface area contributed by atoms with Crippen molar-refractivity contribution < 1.29 is 4.74 Å². The maximum Gasteiger partial charge on any atom is 0.152 e. The predicted octanol–water partition coefficient (Wildman–Crippen LogP) is 3.42. The van der Waals surface area contributed by atoms with Crippen LogP contribution in [0.4, 0.5) is 0 Å². The van der Waals surface area contributed by atoms with Crippen molar-refractivity contribution in [1.82, 2.24) is 10.3 Å². The number of rotatable bonds is 6. The number of benzene rings is 1. The largest absolute Gasteiger partial charge is 0.483 e. The molecule has 1 atom stereocenters. The molecule has 0 saturated heterocycles. The van der Waals surface area contributed by atoms with Crippen LogP contribution >= 0.6 is 22.6 Å². The third-order valence-electron chi connectivity index (χ3n) is 2.82. The number of aromatic nitrogens is 1. The summed E-state index contributed by atoms with van der Waals surface area (Å²) in [6, 6.07) is 14.2. The van der Waals surface area contributed by atoms with Crippen LogP contribution < -0.4 is 10.1 Å². The van der Waals surface area contributed by atoms with Gasteiger partial charge in [0.25, 0.3) is 0 Å². The lowest BCUT2D eigenvalue weighted by Gasteiger charge is -2.20. The molecule has 100 valence electrons. The van der Waals surface area contributed by atoms with Crippen molar-refractivity contribution in [3.63, 3.8) is 0 Å². The summed E-state index contributed by atoms with van der Waals surface area (Å²) < 4.78 is 7.02. The lowest BCUT2D eigenvalue weighted by molar-refractivity contribution is 0.192. The first-order valence-corrected chi connectivity index (χ1v) is 7.36. The smallest absolute Gasteiger partial charge is 0.152 e. The standard InChI is InChI=1S/C15H17IN2O/c1-17-11-9-13(12-6-3-2-4-7-12)19-14-8-5-10-18-15(14)16/h2-8,10,13,17H,9,11H2,1H3. The number of nitrogens with one attached hydrogen (secondary N) is 1. The van der Waals surface area contributed by atoms with Gasteiger partial charge in [0.2, 0.25) is 0 Å². The zero-order valence-corrected chi connectivity index (χ0v) is 13.0. The molecule has 4 heteroatoms. The Hall–Kier alpha value is -1.14. The van der Waals surface area contributed by atoms with E-state index in [-0.39, 0.29) is 6.10 Å². The summed E-state index contributed by atoms with van der Waals surface area (Å²) in [6.45, 7) is 0.913. The van der Waals surface area contributed by atoms with Gasteiger partial charge in [0.1, 0.15) is 9.80 Å². The van der Waals surface area contributed by atoms with Crippen LogP contribution in [0.5, 0.6) is 5.75 Å². The third-order valence-corrected chi connectivity index (χ3v) is 3.63. The van der Waals surface area contributed by atoms with Crippen molar-refractivity contribution in [1.29, 1.82) is 0 Å². The fraction of sp³-hybridized carbons (Fsp3) is 0.267. The molecule has 0 saturated carbocycles. The van der Waals surface area contributed by atoms with Crippen LogP contribution in [0.25, 0.3) is 0 Å². The van der Waals surface area contributed by atoms with Gasteiger partial charge >= 0.3 is 0 Å². The third kappa shape index (κ3) is 4.18. The molecule has 0 amide bonds. The molecule has 1 aromatic carbocycles. The predicted molar refractivity (Wildman–Crippen MR) is 85.3 cm³/mol. The molecule has 1 unspecified atom stereocenters. The van der Waals surface area contributed by atoms with E-state index in [1.54, 1.807) is 6.20 Å². The Morgan fingerprint density at radius 2 is 2.00 bits per heavy atom. The van der Waals surface area contributed by atoms with Crippen molar-refractivity contribution in [3.8, 4) is 5.75 Å². The van der Waals surface area contributed by atoms with Crippen LogP contribution in [0.15, 0.2) is 48.7 Å². The first-order valence-electron chi connectivity index (χ1n) is 6.28. The maximum absolute atomic E-state index is 6.12. The van der Waals surface area contributed by atoms with Crippen molar-refractivity contribution in [2.75, 3.05) is 13.6 Å². The summed E-state index contributed by atoms with van der Waals surface area (Å²) in [4.78, 5) is 4.25. The molecular formula is C15H17IN2O. The van der Waals surface area contributed by atoms with Crippen LogP contribution in [0.2, 0.25) is 0 Å². The number of nitrogens with zero attached hydrogens (tertiary/aromatic N) is 1. The second-order valence-corrected chi connectivity index (χ2v) is 5.22. The molecule has 0 radical (unpaired) electrons. The molecule has 2 aromatic rings. The SMILES string of the molecule is CNCCC(Oc1cccnc1I)c1ccccc1. The van der Waals surface area contributed by atoms with Gasteiger partial charge in [-0.25, -0.2) is 4.98 Å². The molecule has 0 aliphatic rings. The van der Waals surface area contributed by atoms with Crippen LogP contribution in [0, 0.1) is 3.70 Å². The van der Waals surface area contributed by atoms with E-state index in [0.717, 1.165) is 22.4 Å². The second kappa shape index (κ2) is 7.45. The van der Waals surface area contributed by atoms with Crippen LogP contribution in [0.3, 0.4) is 0 Å². The minimum Gasteiger partial charge on any atom is -0.483 e. The van der Waals surface area contributed by atoms with Gasteiger partial charge in [-0.1, -0.05) is 30.3 Å². The molecule has 19 heavy (non-hydrogen) atoms. The van der Waals surface area contributed by atoms with Gasteiger partial charge in [-0.15, -0.1) is 0 Å². The summed E-state index contributed by atoms with van der Waals surface area (Å²) in [5.41, 5.74) is 1.19. The van der Waals surface area contributed by atoms with E-state index in [2.05, 4.69) is 45.0 Å². The molecule has 0 fully saturated rings. The van der Waals surface area contributed by atoms with E-state index >= 15 is 0 Å². The average Bonchev–Trinajstić information content (AvgIpc) is 2.46. The van der Waals surface area contributed by atoms with Gasteiger partial charge in [-0.3, -0.25) is 0 Å². The van der Waals surface area contributed by atoms with Gasteiger partial charge in [0.05, 0.1) is 0 Å². The topological polar surface area (TPSA) is 34.1 Å². The fourth-order valence-electron chi connectivity index (χ4n) is 1.85. The highest BCUT2D eigenvalue weighted by atomic mass is 127. The fourth-order valence-corrected chi connectivity index (χ4v) is 2.32. The molecule has 1 N–H and O–H groups in total.